The number of halogens is 2. The van der Waals surface area contributed by atoms with E-state index in [1.807, 2.05) is 41.5 Å². The Morgan fingerprint density at radius 3 is 2.73 bits per heavy atom. The molecule has 26 heavy (non-hydrogen) atoms. The molecule has 1 fully saturated rings. The summed E-state index contributed by atoms with van der Waals surface area (Å²) in [5.41, 5.74) is 7.63. The number of carbonyl (C=O) groups is 1. The first-order valence-corrected chi connectivity index (χ1v) is 9.26. The van der Waals surface area contributed by atoms with Crippen molar-refractivity contribution in [3.63, 3.8) is 0 Å². The van der Waals surface area contributed by atoms with Crippen LogP contribution in [0.4, 0.5) is 0 Å². The first-order chi connectivity index (χ1) is 11.7. The maximum absolute atomic E-state index is 12.5. The van der Waals surface area contributed by atoms with Crippen LogP contribution in [0.1, 0.15) is 25.5 Å². The van der Waals surface area contributed by atoms with Crippen LogP contribution >= 0.6 is 36.2 Å². The quantitative estimate of drug-likeness (QED) is 0.779. The number of ether oxygens (including phenoxy) is 1. The lowest BCUT2D eigenvalue weighted by Gasteiger charge is -2.23. The Kier molecular flexibility index (Phi) is 9.36. The third kappa shape index (κ3) is 5.33. The van der Waals surface area contributed by atoms with E-state index >= 15 is 0 Å². The number of rotatable bonds is 6. The van der Waals surface area contributed by atoms with E-state index in [1.165, 1.54) is 0 Å². The van der Waals surface area contributed by atoms with Crippen LogP contribution in [0.15, 0.2) is 29.6 Å². The SMILES string of the molecule is CCOc1ccc(-c2nc(CC(=O)N3CCCC3CN)cs2)cc1.Cl.Cl. The molecule has 1 aromatic carbocycles. The fourth-order valence-corrected chi connectivity index (χ4v) is 3.87. The third-order valence-electron chi connectivity index (χ3n) is 4.27. The Morgan fingerprint density at radius 1 is 1.35 bits per heavy atom. The summed E-state index contributed by atoms with van der Waals surface area (Å²) in [6.45, 7) is 3.98. The molecule has 8 heteroatoms. The van der Waals surface area contributed by atoms with Gasteiger partial charge in [-0.3, -0.25) is 4.79 Å². The van der Waals surface area contributed by atoms with Gasteiger partial charge in [0.15, 0.2) is 0 Å². The number of hydrogen-bond acceptors (Lipinski definition) is 5. The van der Waals surface area contributed by atoms with Gasteiger partial charge in [0.2, 0.25) is 5.91 Å². The highest BCUT2D eigenvalue weighted by Crippen LogP contribution is 2.26. The van der Waals surface area contributed by atoms with Gasteiger partial charge in [0, 0.05) is 30.1 Å². The first-order valence-electron chi connectivity index (χ1n) is 8.38. The molecule has 0 aliphatic carbocycles. The summed E-state index contributed by atoms with van der Waals surface area (Å²) in [6.07, 6.45) is 2.41. The molecule has 1 aliphatic rings. The molecular weight excluding hydrogens is 393 g/mol. The molecule has 3 rings (SSSR count). The third-order valence-corrected chi connectivity index (χ3v) is 5.21. The van der Waals surface area contributed by atoms with Crippen molar-refractivity contribution in [1.29, 1.82) is 0 Å². The maximum Gasteiger partial charge on any atom is 0.228 e. The molecule has 2 aromatic rings. The van der Waals surface area contributed by atoms with Crippen molar-refractivity contribution in [2.24, 2.45) is 5.73 Å². The van der Waals surface area contributed by atoms with E-state index < -0.39 is 0 Å². The van der Waals surface area contributed by atoms with E-state index in [4.69, 9.17) is 10.5 Å². The lowest BCUT2D eigenvalue weighted by atomic mass is 10.2. The number of aromatic nitrogens is 1. The summed E-state index contributed by atoms with van der Waals surface area (Å²) in [7, 11) is 0. The van der Waals surface area contributed by atoms with Crippen LogP contribution in [0.25, 0.3) is 10.6 Å². The molecule has 1 saturated heterocycles. The minimum absolute atomic E-state index is 0. The average Bonchev–Trinajstić information content (AvgIpc) is 3.24. The van der Waals surface area contributed by atoms with Crippen LogP contribution in [0.3, 0.4) is 0 Å². The number of thiazole rings is 1. The highest BCUT2D eigenvalue weighted by molar-refractivity contribution is 7.13. The number of carbonyl (C=O) groups excluding carboxylic acids is 1. The molecule has 0 spiro atoms. The molecule has 0 saturated carbocycles. The minimum Gasteiger partial charge on any atom is -0.494 e. The largest absolute Gasteiger partial charge is 0.494 e. The summed E-state index contributed by atoms with van der Waals surface area (Å²) < 4.78 is 5.45. The number of nitrogens with two attached hydrogens (primary N) is 1. The second kappa shape index (κ2) is 10.7. The fourth-order valence-electron chi connectivity index (χ4n) is 3.05. The zero-order valence-corrected chi connectivity index (χ0v) is 17.2. The molecule has 1 atom stereocenters. The van der Waals surface area contributed by atoms with E-state index in [0.29, 0.717) is 19.6 Å². The van der Waals surface area contributed by atoms with Gasteiger partial charge in [-0.15, -0.1) is 36.2 Å². The van der Waals surface area contributed by atoms with Crippen molar-refractivity contribution in [2.45, 2.75) is 32.2 Å². The van der Waals surface area contributed by atoms with Crippen LogP contribution in [0, 0.1) is 0 Å². The normalized spacial score (nSPS) is 15.9. The van der Waals surface area contributed by atoms with E-state index in [1.54, 1.807) is 11.3 Å². The van der Waals surface area contributed by atoms with Gasteiger partial charge >= 0.3 is 0 Å². The van der Waals surface area contributed by atoms with Crippen LogP contribution in [-0.2, 0) is 11.2 Å². The molecule has 1 aliphatic heterocycles. The molecule has 0 radical (unpaired) electrons. The average molecular weight is 418 g/mol. The molecular formula is C18H25Cl2N3O2S. The van der Waals surface area contributed by atoms with Crippen LogP contribution in [-0.4, -0.2) is 41.5 Å². The number of nitrogens with zero attached hydrogens (tertiary/aromatic N) is 2. The number of hydrogen-bond donors (Lipinski definition) is 1. The Morgan fingerprint density at radius 2 is 2.08 bits per heavy atom. The van der Waals surface area contributed by atoms with Crippen LogP contribution < -0.4 is 10.5 Å². The highest BCUT2D eigenvalue weighted by Gasteiger charge is 2.27. The summed E-state index contributed by atoms with van der Waals surface area (Å²) in [6, 6.07) is 8.09. The van der Waals surface area contributed by atoms with E-state index in [0.717, 1.165) is 41.4 Å². The van der Waals surface area contributed by atoms with Gasteiger partial charge in [-0.1, -0.05) is 0 Å². The first kappa shape index (κ1) is 22.7. The Hall–Kier alpha value is -1.34. The Labute approximate surface area is 170 Å². The molecule has 1 amide bonds. The van der Waals surface area contributed by atoms with Crippen molar-refractivity contribution in [1.82, 2.24) is 9.88 Å². The predicted octanol–water partition coefficient (Wildman–Crippen LogP) is 3.54. The summed E-state index contributed by atoms with van der Waals surface area (Å²) >= 11 is 1.57. The molecule has 1 unspecified atom stereocenters. The van der Waals surface area contributed by atoms with Crippen molar-refractivity contribution in [3.05, 3.63) is 35.3 Å². The zero-order chi connectivity index (χ0) is 16.9. The second-order valence-corrected chi connectivity index (χ2v) is 6.76. The van der Waals surface area contributed by atoms with E-state index in [2.05, 4.69) is 4.98 Å². The summed E-state index contributed by atoms with van der Waals surface area (Å²) in [4.78, 5) is 19.0. The molecule has 2 heterocycles. The lowest BCUT2D eigenvalue weighted by molar-refractivity contribution is -0.131. The van der Waals surface area contributed by atoms with Crippen molar-refractivity contribution >= 4 is 42.1 Å². The molecule has 144 valence electrons. The van der Waals surface area contributed by atoms with E-state index in [9.17, 15) is 4.79 Å². The van der Waals surface area contributed by atoms with Gasteiger partial charge in [0.1, 0.15) is 10.8 Å². The van der Waals surface area contributed by atoms with Gasteiger partial charge in [-0.25, -0.2) is 4.98 Å². The molecule has 1 aromatic heterocycles. The van der Waals surface area contributed by atoms with Gasteiger partial charge in [0.05, 0.1) is 18.7 Å². The highest BCUT2D eigenvalue weighted by atomic mass is 35.5. The van der Waals surface area contributed by atoms with Crippen molar-refractivity contribution in [3.8, 4) is 16.3 Å². The maximum atomic E-state index is 12.5. The summed E-state index contributed by atoms with van der Waals surface area (Å²) in [5.74, 6) is 0.988. The zero-order valence-electron chi connectivity index (χ0n) is 14.7. The van der Waals surface area contributed by atoms with Crippen molar-refractivity contribution < 1.29 is 9.53 Å². The number of amides is 1. The monoisotopic (exact) mass is 417 g/mol. The second-order valence-electron chi connectivity index (χ2n) is 5.90. The minimum atomic E-state index is 0. The van der Waals surface area contributed by atoms with E-state index in [-0.39, 0.29) is 36.8 Å². The van der Waals surface area contributed by atoms with Crippen molar-refractivity contribution in [2.75, 3.05) is 19.7 Å². The van der Waals surface area contributed by atoms with Gasteiger partial charge in [-0.05, 0) is 44.0 Å². The van der Waals surface area contributed by atoms with Gasteiger partial charge in [0.25, 0.3) is 0 Å². The van der Waals surface area contributed by atoms with Gasteiger partial charge in [-0.2, -0.15) is 0 Å². The number of benzene rings is 1. The lowest BCUT2D eigenvalue weighted by Crippen LogP contribution is -2.40. The van der Waals surface area contributed by atoms with Gasteiger partial charge < -0.3 is 15.4 Å². The summed E-state index contributed by atoms with van der Waals surface area (Å²) in [5, 5.41) is 2.90. The predicted molar refractivity (Wildman–Crippen MR) is 111 cm³/mol. The van der Waals surface area contributed by atoms with Crippen LogP contribution in [0.5, 0.6) is 5.75 Å². The Bertz CT molecular complexity index is 694. The molecule has 2 N–H and O–H groups in total. The topological polar surface area (TPSA) is 68.5 Å². The standard InChI is InChI=1S/C18H23N3O2S.2ClH/c1-2-23-16-7-5-13(6-8-16)18-20-14(12-24-18)10-17(22)21-9-3-4-15(21)11-19;;/h5-8,12,15H,2-4,9-11,19H2,1H3;2*1H. The number of likely N-dealkylation sites (tertiary alicyclic amines) is 1. The molecule has 5 nitrogen and oxygen atoms in total. The molecule has 0 bridgehead atoms. The fraction of sp³-hybridized carbons (Fsp3) is 0.444. The van der Waals surface area contributed by atoms with Crippen LogP contribution in [0.2, 0.25) is 0 Å². The Balaban J connectivity index is 0.00000169. The smallest absolute Gasteiger partial charge is 0.228 e.